The SMILES string of the molecule is CC/C=C\C/C=C\C/C=C\C/C=C\C/C=C\CCCCCCCCCC(=O)OC(COC(=O)CCCCCCCCC)COC(=O)CCCCCCCCCCCCCCCCCCCCCCCCCCC. The topological polar surface area (TPSA) is 78.9 Å². The molecule has 0 amide bonds. The third-order valence-electron chi connectivity index (χ3n) is 14.0. The molecule has 73 heavy (non-hydrogen) atoms. The van der Waals surface area contributed by atoms with E-state index in [1.54, 1.807) is 0 Å². The lowest BCUT2D eigenvalue weighted by atomic mass is 10.0. The molecular weight excluding hydrogens is 901 g/mol. The predicted octanol–water partition coefficient (Wildman–Crippen LogP) is 21.6. The number of carbonyl (C=O) groups excluding carboxylic acids is 3. The normalized spacial score (nSPS) is 12.4. The summed E-state index contributed by atoms with van der Waals surface area (Å²) in [5.74, 6) is -0.877. The van der Waals surface area contributed by atoms with E-state index < -0.39 is 6.10 Å². The number of rotatable bonds is 58. The zero-order valence-corrected chi connectivity index (χ0v) is 48.7. The van der Waals surface area contributed by atoms with Crippen LogP contribution < -0.4 is 0 Å². The summed E-state index contributed by atoms with van der Waals surface area (Å²) in [5, 5.41) is 0. The lowest BCUT2D eigenvalue weighted by molar-refractivity contribution is -0.167. The van der Waals surface area contributed by atoms with Crippen LogP contribution in [0, 0.1) is 0 Å². The average Bonchev–Trinajstić information content (AvgIpc) is 3.39. The quantitative estimate of drug-likeness (QED) is 0.0261. The number of hydrogen-bond acceptors (Lipinski definition) is 6. The van der Waals surface area contributed by atoms with Gasteiger partial charge in [-0.05, 0) is 64.2 Å². The summed E-state index contributed by atoms with van der Waals surface area (Å²) in [6, 6.07) is 0. The molecule has 0 aliphatic heterocycles. The average molecular weight is 1020 g/mol. The molecular formula is C67H120O6. The number of esters is 3. The highest BCUT2D eigenvalue weighted by molar-refractivity contribution is 5.71. The van der Waals surface area contributed by atoms with Gasteiger partial charge < -0.3 is 14.2 Å². The molecule has 0 fully saturated rings. The predicted molar refractivity (Wildman–Crippen MR) is 316 cm³/mol. The Morgan fingerprint density at radius 2 is 0.534 bits per heavy atom. The Bertz CT molecular complexity index is 1310. The molecule has 1 atom stereocenters. The van der Waals surface area contributed by atoms with Crippen molar-refractivity contribution in [1.29, 1.82) is 0 Å². The van der Waals surface area contributed by atoms with Gasteiger partial charge in [-0.15, -0.1) is 0 Å². The van der Waals surface area contributed by atoms with Crippen LogP contribution in [0.3, 0.4) is 0 Å². The van der Waals surface area contributed by atoms with E-state index in [2.05, 4.69) is 81.5 Å². The van der Waals surface area contributed by atoms with Crippen molar-refractivity contribution in [3.63, 3.8) is 0 Å². The number of unbranched alkanes of at least 4 members (excludes halogenated alkanes) is 37. The fourth-order valence-electron chi connectivity index (χ4n) is 9.30. The fourth-order valence-corrected chi connectivity index (χ4v) is 9.30. The van der Waals surface area contributed by atoms with Gasteiger partial charge in [0.1, 0.15) is 13.2 Å². The molecule has 1 unspecified atom stereocenters. The Hall–Kier alpha value is -2.89. The zero-order chi connectivity index (χ0) is 52.9. The molecule has 6 nitrogen and oxygen atoms in total. The van der Waals surface area contributed by atoms with E-state index in [1.807, 2.05) is 0 Å². The van der Waals surface area contributed by atoms with Crippen molar-refractivity contribution in [1.82, 2.24) is 0 Å². The Balaban J connectivity index is 4.12. The zero-order valence-electron chi connectivity index (χ0n) is 48.7. The van der Waals surface area contributed by atoms with Gasteiger partial charge in [0.2, 0.25) is 0 Å². The van der Waals surface area contributed by atoms with Gasteiger partial charge in [0.15, 0.2) is 6.10 Å². The Morgan fingerprint density at radius 3 is 0.836 bits per heavy atom. The summed E-state index contributed by atoms with van der Waals surface area (Å²) in [6.45, 7) is 6.52. The van der Waals surface area contributed by atoms with Crippen molar-refractivity contribution in [2.75, 3.05) is 13.2 Å². The number of hydrogen-bond donors (Lipinski definition) is 0. The van der Waals surface area contributed by atoms with E-state index in [-0.39, 0.29) is 31.1 Å². The van der Waals surface area contributed by atoms with Crippen molar-refractivity contribution >= 4 is 17.9 Å². The van der Waals surface area contributed by atoms with Crippen LogP contribution in [0.5, 0.6) is 0 Å². The second-order valence-electron chi connectivity index (χ2n) is 21.3. The highest BCUT2D eigenvalue weighted by atomic mass is 16.6. The third kappa shape index (κ3) is 59.9. The van der Waals surface area contributed by atoms with E-state index in [9.17, 15) is 14.4 Å². The van der Waals surface area contributed by atoms with Crippen molar-refractivity contribution in [3.8, 4) is 0 Å². The molecule has 0 aromatic rings. The molecule has 0 heterocycles. The number of carbonyl (C=O) groups is 3. The van der Waals surface area contributed by atoms with E-state index in [0.29, 0.717) is 19.3 Å². The van der Waals surface area contributed by atoms with Gasteiger partial charge in [-0.1, -0.05) is 306 Å². The molecule has 0 aliphatic carbocycles. The highest BCUT2D eigenvalue weighted by Crippen LogP contribution is 2.17. The Labute approximate surface area is 453 Å². The lowest BCUT2D eigenvalue weighted by Gasteiger charge is -2.18. The smallest absolute Gasteiger partial charge is 0.306 e. The molecule has 0 N–H and O–H groups in total. The summed E-state index contributed by atoms with van der Waals surface area (Å²) >= 11 is 0. The minimum atomic E-state index is -0.776. The van der Waals surface area contributed by atoms with Gasteiger partial charge in [-0.2, -0.15) is 0 Å². The van der Waals surface area contributed by atoms with Crippen LogP contribution in [0.2, 0.25) is 0 Å². The van der Waals surface area contributed by atoms with Gasteiger partial charge in [-0.3, -0.25) is 14.4 Å². The van der Waals surface area contributed by atoms with Crippen LogP contribution >= 0.6 is 0 Å². The van der Waals surface area contributed by atoms with Crippen molar-refractivity contribution in [3.05, 3.63) is 60.8 Å². The Morgan fingerprint density at radius 1 is 0.288 bits per heavy atom. The second kappa shape index (κ2) is 61.7. The summed E-state index contributed by atoms with van der Waals surface area (Å²) in [6.07, 6.45) is 78.3. The number of ether oxygens (including phenoxy) is 3. The van der Waals surface area contributed by atoms with Gasteiger partial charge in [-0.25, -0.2) is 0 Å². The third-order valence-corrected chi connectivity index (χ3v) is 14.0. The molecule has 0 saturated carbocycles. The first-order valence-corrected chi connectivity index (χ1v) is 31.8. The molecule has 0 saturated heterocycles. The van der Waals surface area contributed by atoms with E-state index in [0.717, 1.165) is 96.3 Å². The van der Waals surface area contributed by atoms with Crippen molar-refractivity contribution in [2.24, 2.45) is 0 Å². The molecule has 6 heteroatoms. The van der Waals surface area contributed by atoms with Gasteiger partial charge in [0, 0.05) is 19.3 Å². The minimum Gasteiger partial charge on any atom is -0.462 e. The molecule has 0 aromatic carbocycles. The molecule has 0 spiro atoms. The second-order valence-corrected chi connectivity index (χ2v) is 21.3. The molecule has 0 rings (SSSR count). The summed E-state index contributed by atoms with van der Waals surface area (Å²) in [4.78, 5) is 38.1. The van der Waals surface area contributed by atoms with Gasteiger partial charge in [0.05, 0.1) is 0 Å². The van der Waals surface area contributed by atoms with Crippen LogP contribution in [0.1, 0.15) is 329 Å². The van der Waals surface area contributed by atoms with Gasteiger partial charge >= 0.3 is 17.9 Å². The van der Waals surface area contributed by atoms with Crippen molar-refractivity contribution < 1.29 is 28.6 Å². The van der Waals surface area contributed by atoms with E-state index >= 15 is 0 Å². The first-order valence-electron chi connectivity index (χ1n) is 31.8. The van der Waals surface area contributed by atoms with E-state index in [4.69, 9.17) is 14.2 Å². The summed E-state index contributed by atoms with van der Waals surface area (Å²) in [7, 11) is 0. The highest BCUT2D eigenvalue weighted by Gasteiger charge is 2.19. The number of allylic oxidation sites excluding steroid dienone is 10. The maximum Gasteiger partial charge on any atom is 0.306 e. The maximum atomic E-state index is 12.9. The van der Waals surface area contributed by atoms with Gasteiger partial charge in [0.25, 0.3) is 0 Å². The molecule has 0 bridgehead atoms. The largest absolute Gasteiger partial charge is 0.462 e. The molecule has 0 radical (unpaired) electrons. The van der Waals surface area contributed by atoms with Crippen molar-refractivity contribution in [2.45, 2.75) is 335 Å². The molecule has 424 valence electrons. The standard InChI is InChI=1S/C67H120O6/c1-4-7-10-13-16-18-20-22-24-26-28-30-32-33-35-36-38-40-42-44-46-48-51-54-57-60-66(69)72-63-64(62-71-65(68)59-56-53-50-15-12-9-6-3)73-67(70)61-58-55-52-49-47-45-43-41-39-37-34-31-29-27-25-23-21-19-17-14-11-8-5-2/h8,11,17,19,23,25,29,31,37,39,64H,4-7,9-10,12-16,18,20-22,24,26-28,30,32-36,38,40-63H2,1-3H3/b11-8-,19-17-,25-23-,31-29-,39-37-. The molecule has 0 aromatic heterocycles. The summed E-state index contributed by atoms with van der Waals surface area (Å²) < 4.78 is 16.8. The van der Waals surface area contributed by atoms with E-state index in [1.165, 1.54) is 193 Å². The first kappa shape index (κ1) is 70.1. The van der Waals surface area contributed by atoms with Crippen LogP contribution in [-0.2, 0) is 28.6 Å². The van der Waals surface area contributed by atoms with Crippen LogP contribution in [-0.4, -0.2) is 37.2 Å². The fraction of sp³-hybridized carbons (Fsp3) is 0.806. The maximum absolute atomic E-state index is 12.9. The summed E-state index contributed by atoms with van der Waals surface area (Å²) in [5.41, 5.74) is 0. The van der Waals surface area contributed by atoms with Crippen LogP contribution in [0.15, 0.2) is 60.8 Å². The molecule has 0 aliphatic rings. The Kier molecular flexibility index (Phi) is 59.2. The first-order chi connectivity index (χ1) is 36.0. The minimum absolute atomic E-state index is 0.0751. The monoisotopic (exact) mass is 1020 g/mol. The van der Waals surface area contributed by atoms with Crippen LogP contribution in [0.25, 0.3) is 0 Å². The lowest BCUT2D eigenvalue weighted by Crippen LogP contribution is -2.30. The van der Waals surface area contributed by atoms with Crippen LogP contribution in [0.4, 0.5) is 0 Å².